The first-order valence-corrected chi connectivity index (χ1v) is 6.53. The Morgan fingerprint density at radius 3 is 2.75 bits per heavy atom. The number of nitrogens with two attached hydrogens (primary N) is 1. The van der Waals surface area contributed by atoms with Gasteiger partial charge in [-0.25, -0.2) is 0 Å². The fourth-order valence-electron chi connectivity index (χ4n) is 1.54. The maximum Gasteiger partial charge on any atom is 0.262 e. The predicted octanol–water partition coefficient (Wildman–Crippen LogP) is 3.59. The van der Waals surface area contributed by atoms with Crippen molar-refractivity contribution in [2.75, 3.05) is 17.7 Å². The Labute approximate surface area is 126 Å². The second-order valence-electron chi connectivity index (χ2n) is 4.04. The first-order valence-electron chi connectivity index (χ1n) is 5.78. The van der Waals surface area contributed by atoms with Gasteiger partial charge in [0, 0.05) is 22.5 Å². The SMILES string of the molecule is Nc1ccc(Cl)c(OCC(=O)Nc2cccc(Cl)c2)c1. The van der Waals surface area contributed by atoms with Gasteiger partial charge in [0.25, 0.3) is 5.91 Å². The Kier molecular flexibility index (Phi) is 4.71. The van der Waals surface area contributed by atoms with Crippen LogP contribution in [0.15, 0.2) is 42.5 Å². The summed E-state index contributed by atoms with van der Waals surface area (Å²) in [4.78, 5) is 11.7. The number of ether oxygens (including phenoxy) is 1. The van der Waals surface area contributed by atoms with Crippen molar-refractivity contribution in [1.29, 1.82) is 0 Å². The third-order valence-electron chi connectivity index (χ3n) is 2.42. The van der Waals surface area contributed by atoms with Gasteiger partial charge < -0.3 is 15.8 Å². The number of halogens is 2. The highest BCUT2D eigenvalue weighted by Crippen LogP contribution is 2.26. The van der Waals surface area contributed by atoms with Gasteiger partial charge in [-0.15, -0.1) is 0 Å². The number of rotatable bonds is 4. The summed E-state index contributed by atoms with van der Waals surface area (Å²) in [6.45, 7) is -0.171. The van der Waals surface area contributed by atoms with Crippen LogP contribution in [-0.2, 0) is 4.79 Å². The highest BCUT2D eigenvalue weighted by molar-refractivity contribution is 6.32. The number of benzene rings is 2. The summed E-state index contributed by atoms with van der Waals surface area (Å²) in [7, 11) is 0. The van der Waals surface area contributed by atoms with E-state index >= 15 is 0 Å². The van der Waals surface area contributed by atoms with Crippen molar-refractivity contribution in [3.63, 3.8) is 0 Å². The highest BCUT2D eigenvalue weighted by atomic mass is 35.5. The Hall–Kier alpha value is -1.91. The van der Waals surface area contributed by atoms with E-state index in [1.165, 1.54) is 0 Å². The number of carbonyl (C=O) groups is 1. The van der Waals surface area contributed by atoms with Crippen LogP contribution in [-0.4, -0.2) is 12.5 Å². The highest BCUT2D eigenvalue weighted by Gasteiger charge is 2.07. The molecular formula is C14H12Cl2N2O2. The lowest BCUT2D eigenvalue weighted by atomic mass is 10.3. The number of carbonyl (C=O) groups excluding carboxylic acids is 1. The molecule has 0 heterocycles. The van der Waals surface area contributed by atoms with E-state index in [-0.39, 0.29) is 12.5 Å². The lowest BCUT2D eigenvalue weighted by Crippen LogP contribution is -2.20. The summed E-state index contributed by atoms with van der Waals surface area (Å²) in [5.74, 6) is 0.0543. The number of amides is 1. The zero-order valence-electron chi connectivity index (χ0n) is 10.4. The topological polar surface area (TPSA) is 64.3 Å². The largest absolute Gasteiger partial charge is 0.482 e. The molecule has 6 heteroatoms. The number of nitrogens with one attached hydrogen (secondary N) is 1. The molecule has 2 rings (SSSR count). The van der Waals surface area contributed by atoms with Gasteiger partial charge in [0.05, 0.1) is 5.02 Å². The minimum Gasteiger partial charge on any atom is -0.482 e. The van der Waals surface area contributed by atoms with Crippen LogP contribution < -0.4 is 15.8 Å². The predicted molar refractivity (Wildman–Crippen MR) is 81.4 cm³/mol. The van der Waals surface area contributed by atoms with Crippen LogP contribution in [0.5, 0.6) is 5.75 Å². The molecule has 2 aromatic carbocycles. The van der Waals surface area contributed by atoms with Crippen molar-refractivity contribution >= 4 is 40.5 Å². The second kappa shape index (κ2) is 6.50. The number of hydrogen-bond donors (Lipinski definition) is 2. The third kappa shape index (κ3) is 4.05. The molecule has 104 valence electrons. The van der Waals surface area contributed by atoms with Crippen molar-refractivity contribution in [3.8, 4) is 5.75 Å². The fraction of sp³-hybridized carbons (Fsp3) is 0.0714. The molecule has 4 nitrogen and oxygen atoms in total. The molecule has 0 saturated carbocycles. The van der Waals surface area contributed by atoms with E-state index in [1.54, 1.807) is 42.5 Å². The van der Waals surface area contributed by atoms with Gasteiger partial charge in [-0.2, -0.15) is 0 Å². The smallest absolute Gasteiger partial charge is 0.262 e. The van der Waals surface area contributed by atoms with Crippen LogP contribution >= 0.6 is 23.2 Å². The molecule has 0 aliphatic rings. The Balaban J connectivity index is 1.94. The normalized spacial score (nSPS) is 10.1. The van der Waals surface area contributed by atoms with E-state index in [0.717, 1.165) is 0 Å². The van der Waals surface area contributed by atoms with Crippen LogP contribution in [0.25, 0.3) is 0 Å². The van der Waals surface area contributed by atoms with Gasteiger partial charge in [0.1, 0.15) is 5.75 Å². The van der Waals surface area contributed by atoms with Crippen molar-refractivity contribution < 1.29 is 9.53 Å². The second-order valence-corrected chi connectivity index (χ2v) is 4.88. The lowest BCUT2D eigenvalue weighted by molar-refractivity contribution is -0.118. The van der Waals surface area contributed by atoms with E-state index in [9.17, 15) is 4.79 Å². The molecule has 0 atom stereocenters. The Morgan fingerprint density at radius 1 is 1.20 bits per heavy atom. The van der Waals surface area contributed by atoms with Crippen molar-refractivity contribution in [1.82, 2.24) is 0 Å². The molecule has 0 spiro atoms. The molecule has 1 amide bonds. The summed E-state index contributed by atoms with van der Waals surface area (Å²) in [5, 5.41) is 3.61. The molecule has 20 heavy (non-hydrogen) atoms. The quantitative estimate of drug-likeness (QED) is 0.848. The van der Waals surface area contributed by atoms with Crippen LogP contribution in [0.1, 0.15) is 0 Å². The average Bonchev–Trinajstić information content (AvgIpc) is 2.40. The molecule has 0 aliphatic carbocycles. The maximum absolute atomic E-state index is 11.7. The van der Waals surface area contributed by atoms with E-state index in [1.807, 2.05) is 0 Å². The maximum atomic E-state index is 11.7. The lowest BCUT2D eigenvalue weighted by Gasteiger charge is -2.09. The molecule has 0 aromatic heterocycles. The molecule has 3 N–H and O–H groups in total. The summed E-state index contributed by atoms with van der Waals surface area (Å²) in [6.07, 6.45) is 0. The molecule has 0 aliphatic heterocycles. The van der Waals surface area contributed by atoms with Gasteiger partial charge in [0.15, 0.2) is 6.61 Å². The third-order valence-corrected chi connectivity index (χ3v) is 2.97. The van der Waals surface area contributed by atoms with Crippen molar-refractivity contribution in [2.45, 2.75) is 0 Å². The average molecular weight is 311 g/mol. The molecular weight excluding hydrogens is 299 g/mol. The minimum absolute atomic E-state index is 0.171. The van der Waals surface area contributed by atoms with Gasteiger partial charge in [-0.3, -0.25) is 4.79 Å². The van der Waals surface area contributed by atoms with Crippen LogP contribution in [0.2, 0.25) is 10.0 Å². The Bertz CT molecular complexity index is 632. The number of anilines is 2. The summed E-state index contributed by atoms with van der Waals surface area (Å²) in [6, 6.07) is 11.7. The summed E-state index contributed by atoms with van der Waals surface area (Å²) in [5.41, 5.74) is 6.74. The summed E-state index contributed by atoms with van der Waals surface area (Å²) < 4.78 is 5.32. The molecule has 2 aromatic rings. The van der Waals surface area contributed by atoms with Gasteiger partial charge in [0.2, 0.25) is 0 Å². The fourth-order valence-corrected chi connectivity index (χ4v) is 1.90. The van der Waals surface area contributed by atoms with E-state index in [2.05, 4.69) is 5.32 Å². The van der Waals surface area contributed by atoms with Crippen LogP contribution in [0.4, 0.5) is 11.4 Å². The van der Waals surface area contributed by atoms with Gasteiger partial charge in [-0.1, -0.05) is 29.3 Å². The summed E-state index contributed by atoms with van der Waals surface area (Å²) >= 11 is 11.8. The molecule has 0 saturated heterocycles. The minimum atomic E-state index is -0.314. The monoisotopic (exact) mass is 310 g/mol. The van der Waals surface area contributed by atoms with Gasteiger partial charge >= 0.3 is 0 Å². The molecule has 0 fully saturated rings. The molecule has 0 radical (unpaired) electrons. The number of nitrogen functional groups attached to an aromatic ring is 1. The zero-order chi connectivity index (χ0) is 14.5. The first kappa shape index (κ1) is 14.5. The first-order chi connectivity index (χ1) is 9.54. The Morgan fingerprint density at radius 2 is 2.00 bits per heavy atom. The van der Waals surface area contributed by atoms with E-state index in [4.69, 9.17) is 33.7 Å². The number of hydrogen-bond acceptors (Lipinski definition) is 3. The van der Waals surface area contributed by atoms with Crippen LogP contribution in [0, 0.1) is 0 Å². The van der Waals surface area contributed by atoms with Crippen molar-refractivity contribution in [3.05, 3.63) is 52.5 Å². The molecule has 0 unspecified atom stereocenters. The zero-order valence-corrected chi connectivity index (χ0v) is 11.9. The van der Waals surface area contributed by atoms with Gasteiger partial charge in [-0.05, 0) is 30.3 Å². The van der Waals surface area contributed by atoms with E-state index < -0.39 is 0 Å². The van der Waals surface area contributed by atoms with E-state index in [0.29, 0.717) is 27.2 Å². The standard InChI is InChI=1S/C14H12Cl2N2O2/c15-9-2-1-3-11(6-9)18-14(19)8-20-13-7-10(17)4-5-12(13)16/h1-7H,8,17H2,(H,18,19). The van der Waals surface area contributed by atoms with Crippen LogP contribution in [0.3, 0.4) is 0 Å². The molecule has 0 bridgehead atoms. The van der Waals surface area contributed by atoms with Crippen molar-refractivity contribution in [2.24, 2.45) is 0 Å².